The van der Waals surface area contributed by atoms with E-state index in [-0.39, 0.29) is 0 Å². The predicted octanol–water partition coefficient (Wildman–Crippen LogP) is 3.57. The highest BCUT2D eigenvalue weighted by atomic mass is 79.9. The first kappa shape index (κ1) is 13.2. The van der Waals surface area contributed by atoms with Crippen molar-refractivity contribution in [2.75, 3.05) is 6.54 Å². The first-order chi connectivity index (χ1) is 9.28. The fourth-order valence-electron chi connectivity index (χ4n) is 2.40. The number of aryl methyl sites for hydroxylation is 1. The molecule has 0 saturated heterocycles. The summed E-state index contributed by atoms with van der Waals surface area (Å²) >= 11 is 5.19. The van der Waals surface area contributed by atoms with Crippen LogP contribution in [0.1, 0.15) is 30.3 Å². The van der Waals surface area contributed by atoms with Gasteiger partial charge in [0.2, 0.25) is 0 Å². The van der Waals surface area contributed by atoms with Crippen LogP contribution in [0, 0.1) is 0 Å². The Bertz CT molecular complexity index is 594. The molecule has 1 aliphatic heterocycles. The molecule has 19 heavy (non-hydrogen) atoms. The highest BCUT2D eigenvalue weighted by Gasteiger charge is 2.18. The predicted molar refractivity (Wildman–Crippen MR) is 82.5 cm³/mol. The fourth-order valence-corrected chi connectivity index (χ4v) is 3.76. The van der Waals surface area contributed by atoms with Crippen molar-refractivity contribution in [2.24, 2.45) is 0 Å². The second-order valence-corrected chi connectivity index (χ2v) is 6.55. The number of nitrogens with one attached hydrogen (secondary N) is 1. The van der Waals surface area contributed by atoms with E-state index in [0.717, 1.165) is 47.5 Å². The molecule has 0 radical (unpaired) electrons. The summed E-state index contributed by atoms with van der Waals surface area (Å²) in [5.41, 5.74) is 3.78. The monoisotopic (exact) mass is 337 g/mol. The minimum absolute atomic E-state index is 0.889. The highest BCUT2D eigenvalue weighted by Crippen LogP contribution is 2.29. The topological polar surface area (TPSA) is 37.8 Å². The third-order valence-electron chi connectivity index (χ3n) is 3.29. The molecule has 100 valence electrons. The van der Waals surface area contributed by atoms with Gasteiger partial charge in [-0.05, 0) is 28.4 Å². The van der Waals surface area contributed by atoms with Gasteiger partial charge in [-0.1, -0.05) is 13.3 Å². The van der Waals surface area contributed by atoms with Crippen LogP contribution in [-0.4, -0.2) is 16.5 Å². The standard InChI is InChI=1S/C14H16BrN3S/c1-2-3-11-10-7-16-5-4-12(10)18-14(17-11)13-6-9(15)8-19-13/h6,8,16H,2-5,7H2,1H3. The Morgan fingerprint density at radius 1 is 1.42 bits per heavy atom. The summed E-state index contributed by atoms with van der Waals surface area (Å²) in [6, 6.07) is 2.10. The maximum Gasteiger partial charge on any atom is 0.169 e. The van der Waals surface area contributed by atoms with Crippen molar-refractivity contribution >= 4 is 27.3 Å². The minimum Gasteiger partial charge on any atom is -0.312 e. The molecule has 2 aromatic rings. The first-order valence-corrected chi connectivity index (χ1v) is 8.29. The Hall–Kier alpha value is -0.780. The van der Waals surface area contributed by atoms with Gasteiger partial charge in [0.1, 0.15) is 0 Å². The zero-order chi connectivity index (χ0) is 13.2. The Labute approximate surface area is 125 Å². The molecule has 0 atom stereocenters. The lowest BCUT2D eigenvalue weighted by atomic mass is 10.0. The van der Waals surface area contributed by atoms with Crippen molar-refractivity contribution in [1.29, 1.82) is 0 Å². The van der Waals surface area contributed by atoms with Crippen molar-refractivity contribution in [3.05, 3.63) is 32.9 Å². The van der Waals surface area contributed by atoms with E-state index in [2.05, 4.69) is 39.6 Å². The number of hydrogen-bond donors (Lipinski definition) is 1. The normalized spacial score (nSPS) is 14.4. The summed E-state index contributed by atoms with van der Waals surface area (Å²) in [5, 5.41) is 5.50. The lowest BCUT2D eigenvalue weighted by Gasteiger charge is -2.19. The molecule has 0 bridgehead atoms. The third kappa shape index (κ3) is 2.73. The van der Waals surface area contributed by atoms with E-state index in [0.29, 0.717) is 0 Å². The van der Waals surface area contributed by atoms with E-state index in [1.54, 1.807) is 11.3 Å². The van der Waals surface area contributed by atoms with E-state index < -0.39 is 0 Å². The number of halogens is 1. The van der Waals surface area contributed by atoms with Gasteiger partial charge in [0.25, 0.3) is 0 Å². The smallest absolute Gasteiger partial charge is 0.169 e. The number of nitrogens with zero attached hydrogens (tertiary/aromatic N) is 2. The van der Waals surface area contributed by atoms with E-state index in [1.165, 1.54) is 17.0 Å². The van der Waals surface area contributed by atoms with E-state index in [9.17, 15) is 0 Å². The highest BCUT2D eigenvalue weighted by molar-refractivity contribution is 9.10. The number of aromatic nitrogens is 2. The maximum atomic E-state index is 4.80. The molecule has 0 unspecified atom stereocenters. The van der Waals surface area contributed by atoms with Crippen LogP contribution in [0.4, 0.5) is 0 Å². The molecule has 1 N–H and O–H groups in total. The molecule has 0 amide bonds. The van der Waals surface area contributed by atoms with E-state index in [4.69, 9.17) is 9.97 Å². The van der Waals surface area contributed by atoms with Gasteiger partial charge in [0.05, 0.1) is 10.6 Å². The summed E-state index contributed by atoms with van der Waals surface area (Å²) in [4.78, 5) is 10.7. The summed E-state index contributed by atoms with van der Waals surface area (Å²) in [6.07, 6.45) is 3.16. The van der Waals surface area contributed by atoms with Crippen molar-refractivity contribution in [1.82, 2.24) is 15.3 Å². The van der Waals surface area contributed by atoms with Crippen molar-refractivity contribution in [3.8, 4) is 10.7 Å². The number of thiophene rings is 1. The average Bonchev–Trinajstić information content (AvgIpc) is 2.86. The molecular formula is C14H16BrN3S. The summed E-state index contributed by atoms with van der Waals surface area (Å²) in [5.74, 6) is 0.889. The molecule has 5 heteroatoms. The van der Waals surface area contributed by atoms with E-state index in [1.807, 2.05) is 0 Å². The Morgan fingerprint density at radius 3 is 3.05 bits per heavy atom. The summed E-state index contributed by atoms with van der Waals surface area (Å²) in [7, 11) is 0. The molecule has 0 fully saturated rings. The van der Waals surface area contributed by atoms with Crippen LogP contribution in [-0.2, 0) is 19.4 Å². The van der Waals surface area contributed by atoms with Crippen molar-refractivity contribution in [3.63, 3.8) is 0 Å². The summed E-state index contributed by atoms with van der Waals surface area (Å²) in [6.45, 7) is 4.13. The quantitative estimate of drug-likeness (QED) is 0.930. The molecule has 0 spiro atoms. The summed E-state index contributed by atoms with van der Waals surface area (Å²) < 4.78 is 1.10. The number of rotatable bonds is 3. The van der Waals surface area contributed by atoms with Crippen LogP contribution in [0.3, 0.4) is 0 Å². The molecule has 2 aromatic heterocycles. The Kier molecular flexibility index (Phi) is 3.96. The van der Waals surface area contributed by atoms with Gasteiger partial charge in [-0.2, -0.15) is 0 Å². The molecule has 0 saturated carbocycles. The van der Waals surface area contributed by atoms with Gasteiger partial charge in [-0.3, -0.25) is 0 Å². The van der Waals surface area contributed by atoms with Gasteiger partial charge in [-0.15, -0.1) is 11.3 Å². The second kappa shape index (κ2) is 5.69. The second-order valence-electron chi connectivity index (χ2n) is 4.73. The maximum absolute atomic E-state index is 4.80. The average molecular weight is 338 g/mol. The van der Waals surface area contributed by atoms with Crippen LogP contribution >= 0.6 is 27.3 Å². The lowest BCUT2D eigenvalue weighted by molar-refractivity contribution is 0.615. The van der Waals surface area contributed by atoms with Crippen molar-refractivity contribution < 1.29 is 0 Å². The number of fused-ring (bicyclic) bond motifs is 1. The largest absolute Gasteiger partial charge is 0.312 e. The van der Waals surface area contributed by atoms with Gasteiger partial charge in [-0.25, -0.2) is 9.97 Å². The van der Waals surface area contributed by atoms with Crippen LogP contribution in [0.2, 0.25) is 0 Å². The molecule has 0 aromatic carbocycles. The first-order valence-electron chi connectivity index (χ1n) is 6.61. The lowest BCUT2D eigenvalue weighted by Crippen LogP contribution is -2.26. The Morgan fingerprint density at radius 2 is 2.32 bits per heavy atom. The third-order valence-corrected chi connectivity index (χ3v) is 4.98. The SMILES string of the molecule is CCCc1nc(-c2cc(Br)cs2)nc2c1CNCC2. The fraction of sp³-hybridized carbons (Fsp3) is 0.429. The molecular weight excluding hydrogens is 322 g/mol. The molecule has 0 aliphatic carbocycles. The Balaban J connectivity index is 2.08. The zero-order valence-electron chi connectivity index (χ0n) is 10.9. The zero-order valence-corrected chi connectivity index (χ0v) is 13.3. The van der Waals surface area contributed by atoms with Gasteiger partial charge in [0.15, 0.2) is 5.82 Å². The van der Waals surface area contributed by atoms with E-state index >= 15 is 0 Å². The van der Waals surface area contributed by atoms with Crippen molar-refractivity contribution in [2.45, 2.75) is 32.7 Å². The van der Waals surface area contributed by atoms with Crippen LogP contribution in [0.5, 0.6) is 0 Å². The molecule has 1 aliphatic rings. The van der Waals surface area contributed by atoms with Gasteiger partial charge < -0.3 is 5.32 Å². The number of hydrogen-bond acceptors (Lipinski definition) is 4. The molecule has 3 nitrogen and oxygen atoms in total. The minimum atomic E-state index is 0.889. The molecule has 3 rings (SSSR count). The van der Waals surface area contributed by atoms with Crippen LogP contribution in [0.15, 0.2) is 15.9 Å². The molecule has 3 heterocycles. The van der Waals surface area contributed by atoms with Gasteiger partial charge >= 0.3 is 0 Å². The van der Waals surface area contributed by atoms with Gasteiger partial charge in [0, 0.05) is 40.6 Å². The van der Waals surface area contributed by atoms with Crippen LogP contribution in [0.25, 0.3) is 10.7 Å². The van der Waals surface area contributed by atoms with Crippen LogP contribution < -0.4 is 5.32 Å².